The number of ether oxygens (including phenoxy) is 1. The lowest BCUT2D eigenvalue weighted by atomic mass is 9.53. The molecule has 7 heteroatoms. The number of methoxy groups -OCH3 is 1. The van der Waals surface area contributed by atoms with Gasteiger partial charge < -0.3 is 19.8 Å². The van der Waals surface area contributed by atoms with Crippen molar-refractivity contribution in [3.63, 3.8) is 0 Å². The summed E-state index contributed by atoms with van der Waals surface area (Å²) in [6.45, 7) is 0.814. The number of piperidine rings is 1. The first kappa shape index (κ1) is 20.9. The van der Waals surface area contributed by atoms with Gasteiger partial charge in [-0.15, -0.1) is 11.8 Å². The lowest BCUT2D eigenvalue weighted by Gasteiger charge is -2.58. The monoisotopic (exact) mass is 501 g/mol. The van der Waals surface area contributed by atoms with Crippen LogP contribution in [0.15, 0.2) is 57.6 Å². The molecule has 0 aromatic heterocycles. The van der Waals surface area contributed by atoms with Crippen molar-refractivity contribution >= 4 is 33.5 Å². The van der Waals surface area contributed by atoms with Gasteiger partial charge in [-0.05, 0) is 55.9 Å². The molecular formula is C24H24BrNO4S. The van der Waals surface area contributed by atoms with E-state index in [1.807, 2.05) is 24.3 Å². The number of Topliss-reactive ketones (excluding diaryl/α,β-unsaturated/α-hetero) is 1. The largest absolute Gasteiger partial charge is 0.504 e. The van der Waals surface area contributed by atoms with Gasteiger partial charge in [-0.1, -0.05) is 28.1 Å². The molecule has 2 N–H and O–H groups in total. The molecule has 5 nitrogen and oxygen atoms in total. The van der Waals surface area contributed by atoms with E-state index in [0.29, 0.717) is 5.76 Å². The van der Waals surface area contributed by atoms with Gasteiger partial charge in [0.2, 0.25) is 0 Å². The molecule has 2 aromatic rings. The van der Waals surface area contributed by atoms with Crippen LogP contribution in [-0.2, 0) is 14.9 Å². The van der Waals surface area contributed by atoms with Crippen LogP contribution in [-0.4, -0.2) is 47.6 Å². The molecule has 1 aliphatic heterocycles. The summed E-state index contributed by atoms with van der Waals surface area (Å²) in [7, 11) is 3.67. The second-order valence-corrected chi connectivity index (χ2v) is 10.8. The summed E-state index contributed by atoms with van der Waals surface area (Å²) in [5.74, 6) is 0.115. The maximum atomic E-state index is 12.9. The van der Waals surface area contributed by atoms with Crippen molar-refractivity contribution < 1.29 is 19.7 Å². The van der Waals surface area contributed by atoms with E-state index in [1.54, 1.807) is 17.8 Å². The lowest BCUT2D eigenvalue weighted by Crippen LogP contribution is -2.61. The Morgan fingerprint density at radius 3 is 2.81 bits per heavy atom. The van der Waals surface area contributed by atoms with Crippen molar-refractivity contribution in [2.75, 3.05) is 20.7 Å². The summed E-state index contributed by atoms with van der Waals surface area (Å²) in [5, 5.41) is 21.5. The number of nitrogens with zero attached hydrogens (tertiary/aromatic N) is 1. The number of fused-ring (bicyclic) bond motifs is 1. The molecule has 2 bridgehead atoms. The standard InChI is InChI=1S/C24H24BrNO4S/c1-26-9-8-24-12-18(28)19(30-2)11-16(24)21(26)23(31-14-5-3-4-13(25)10-14)15-6-7-17(27)22(29)20(15)24/h3-7,10-11,16,21,23,27,29H,8-9,12H2,1-2H3/t16-,21-,23-,24-/m1/s1. The number of likely N-dealkylation sites (N-methyl/N-ethyl adjacent to an activating group) is 1. The van der Waals surface area contributed by atoms with E-state index in [4.69, 9.17) is 4.74 Å². The second kappa shape index (κ2) is 7.57. The van der Waals surface area contributed by atoms with Gasteiger partial charge in [-0.2, -0.15) is 0 Å². The average molecular weight is 502 g/mol. The van der Waals surface area contributed by atoms with Crippen LogP contribution >= 0.6 is 27.7 Å². The molecule has 0 unspecified atom stereocenters. The molecule has 4 atom stereocenters. The number of hydrogen-bond donors (Lipinski definition) is 2. The molecule has 0 spiro atoms. The lowest BCUT2D eigenvalue weighted by molar-refractivity contribution is -0.122. The van der Waals surface area contributed by atoms with E-state index in [2.05, 4.69) is 40.0 Å². The Balaban J connectivity index is 1.75. The molecule has 3 aliphatic rings. The first-order chi connectivity index (χ1) is 14.9. The zero-order chi connectivity index (χ0) is 21.9. The molecule has 1 fully saturated rings. The van der Waals surface area contributed by atoms with E-state index in [9.17, 15) is 15.0 Å². The van der Waals surface area contributed by atoms with Crippen molar-refractivity contribution in [1.82, 2.24) is 4.90 Å². The Morgan fingerprint density at radius 2 is 2.06 bits per heavy atom. The highest BCUT2D eigenvalue weighted by Crippen LogP contribution is 2.63. The van der Waals surface area contributed by atoms with E-state index >= 15 is 0 Å². The van der Waals surface area contributed by atoms with Crippen molar-refractivity contribution in [2.24, 2.45) is 5.92 Å². The van der Waals surface area contributed by atoms with E-state index < -0.39 is 5.41 Å². The first-order valence-electron chi connectivity index (χ1n) is 10.3. The van der Waals surface area contributed by atoms with E-state index in [1.165, 1.54) is 7.11 Å². The SMILES string of the molecule is COC1=C[C@@H]2[C@@H]3[C@H](Sc4cccc(Br)c4)c4ccc(O)c(O)c4[C@]2(CCN3C)CC1=O. The topological polar surface area (TPSA) is 70.0 Å². The van der Waals surface area contributed by atoms with Crippen molar-refractivity contribution in [2.45, 2.75) is 34.4 Å². The van der Waals surface area contributed by atoms with Gasteiger partial charge in [0.25, 0.3) is 0 Å². The molecule has 5 rings (SSSR count). The van der Waals surface area contributed by atoms with Crippen LogP contribution in [0.1, 0.15) is 29.2 Å². The minimum Gasteiger partial charge on any atom is -0.504 e. The maximum Gasteiger partial charge on any atom is 0.197 e. The van der Waals surface area contributed by atoms with Crippen LogP contribution in [0.3, 0.4) is 0 Å². The summed E-state index contributed by atoms with van der Waals surface area (Å²) in [5.41, 5.74) is 1.19. The number of likely N-dealkylation sites (tertiary alicyclic amines) is 1. The number of rotatable bonds is 3. The quantitative estimate of drug-likeness (QED) is 0.590. The smallest absolute Gasteiger partial charge is 0.197 e. The minimum absolute atomic E-state index is 0.0104. The summed E-state index contributed by atoms with van der Waals surface area (Å²) < 4.78 is 6.44. The third-order valence-corrected chi connectivity index (χ3v) is 8.90. The van der Waals surface area contributed by atoms with Crippen LogP contribution in [0.5, 0.6) is 11.5 Å². The number of benzene rings is 2. The Hall–Kier alpha value is -1.96. The number of hydrogen-bond acceptors (Lipinski definition) is 6. The number of phenolic OH excluding ortho intramolecular Hbond substituents is 2. The fraction of sp³-hybridized carbons (Fsp3) is 0.375. The highest BCUT2D eigenvalue weighted by Gasteiger charge is 2.59. The molecule has 162 valence electrons. The van der Waals surface area contributed by atoms with Gasteiger partial charge in [-0.3, -0.25) is 4.79 Å². The van der Waals surface area contributed by atoms with E-state index in [0.717, 1.165) is 33.5 Å². The number of aromatic hydroxyl groups is 2. The number of thioether (sulfide) groups is 1. The summed E-state index contributed by atoms with van der Waals surface area (Å²) in [4.78, 5) is 16.4. The molecule has 0 saturated carbocycles. The van der Waals surface area contributed by atoms with Gasteiger partial charge in [0, 0.05) is 38.7 Å². The first-order valence-corrected chi connectivity index (χ1v) is 12.0. The highest BCUT2D eigenvalue weighted by atomic mass is 79.9. The number of phenols is 2. The Labute approximate surface area is 194 Å². The Morgan fingerprint density at radius 1 is 1.26 bits per heavy atom. The third kappa shape index (κ3) is 3.12. The summed E-state index contributed by atoms with van der Waals surface area (Å²) in [6.07, 6.45) is 2.98. The molecule has 0 amide bonds. The normalized spacial score (nSPS) is 29.7. The number of carbonyl (C=O) groups excluding carboxylic acids is 1. The van der Waals surface area contributed by atoms with Gasteiger partial charge >= 0.3 is 0 Å². The number of halogens is 1. The van der Waals surface area contributed by atoms with Crippen molar-refractivity contribution in [3.05, 3.63) is 63.8 Å². The van der Waals surface area contributed by atoms with E-state index in [-0.39, 0.29) is 40.9 Å². The summed E-state index contributed by atoms with van der Waals surface area (Å²) in [6, 6.07) is 11.8. The number of ketones is 1. The molecule has 1 saturated heterocycles. The molecule has 0 radical (unpaired) electrons. The highest BCUT2D eigenvalue weighted by molar-refractivity contribution is 9.10. The minimum atomic E-state index is -0.539. The Kier molecular flexibility index (Phi) is 5.11. The second-order valence-electron chi connectivity index (χ2n) is 8.63. The molecular weight excluding hydrogens is 478 g/mol. The van der Waals surface area contributed by atoms with Crippen molar-refractivity contribution in [3.8, 4) is 11.5 Å². The molecule has 1 heterocycles. The molecule has 31 heavy (non-hydrogen) atoms. The van der Waals surface area contributed by atoms with Crippen LogP contribution in [0.25, 0.3) is 0 Å². The predicted octanol–water partition coefficient (Wildman–Crippen LogP) is 4.77. The maximum absolute atomic E-state index is 12.9. The van der Waals surface area contributed by atoms with Gasteiger partial charge in [0.1, 0.15) is 0 Å². The predicted molar refractivity (Wildman–Crippen MR) is 123 cm³/mol. The number of allylic oxidation sites excluding steroid dienone is 1. The van der Waals surface area contributed by atoms with Crippen LogP contribution in [0.4, 0.5) is 0 Å². The average Bonchev–Trinajstić information content (AvgIpc) is 2.74. The fourth-order valence-electron chi connectivity index (χ4n) is 5.73. The molecule has 2 aliphatic carbocycles. The van der Waals surface area contributed by atoms with Gasteiger partial charge in [0.05, 0.1) is 12.4 Å². The van der Waals surface area contributed by atoms with Gasteiger partial charge in [0.15, 0.2) is 23.0 Å². The zero-order valence-electron chi connectivity index (χ0n) is 17.3. The third-order valence-electron chi connectivity index (χ3n) is 7.09. The Bertz CT molecular complexity index is 1100. The van der Waals surface area contributed by atoms with Gasteiger partial charge in [-0.25, -0.2) is 0 Å². The van der Waals surface area contributed by atoms with Crippen LogP contribution in [0, 0.1) is 5.92 Å². The molecule has 2 aromatic carbocycles. The fourth-order valence-corrected chi connectivity index (χ4v) is 7.76. The van der Waals surface area contributed by atoms with Crippen LogP contribution < -0.4 is 0 Å². The van der Waals surface area contributed by atoms with Crippen molar-refractivity contribution in [1.29, 1.82) is 0 Å². The number of carbonyl (C=O) groups is 1. The van der Waals surface area contributed by atoms with Crippen LogP contribution in [0.2, 0.25) is 0 Å². The summed E-state index contributed by atoms with van der Waals surface area (Å²) >= 11 is 5.31. The zero-order valence-corrected chi connectivity index (χ0v) is 19.7.